The maximum absolute atomic E-state index is 13.7. The second kappa shape index (κ2) is 25.2. The van der Waals surface area contributed by atoms with Crippen molar-refractivity contribution in [2.45, 2.75) is 62.7 Å². The first kappa shape index (κ1) is 50.6. The lowest BCUT2D eigenvalue weighted by Crippen LogP contribution is -2.57. The van der Waals surface area contributed by atoms with E-state index in [2.05, 4.69) is 21.3 Å². The predicted molar refractivity (Wildman–Crippen MR) is 201 cm³/mol. The molecule has 280 valence electrons. The quantitative estimate of drug-likeness (QED) is 0.149. The van der Waals surface area contributed by atoms with Crippen LogP contribution in [0.5, 0.6) is 11.5 Å². The zero-order chi connectivity index (χ0) is 32.2. The zero-order valence-corrected chi connectivity index (χ0v) is 30.8. The number of halogens is 5. The second-order valence-electron chi connectivity index (χ2n) is 10.9. The molecular formula is C30H49Cl5N8O6. The molecule has 49 heavy (non-hydrogen) atoms. The molecule has 1 aliphatic heterocycles. The van der Waals surface area contributed by atoms with Gasteiger partial charge < -0.3 is 54.4 Å². The molecule has 2 aromatic rings. The van der Waals surface area contributed by atoms with Gasteiger partial charge in [-0.05, 0) is 78.9 Å². The van der Waals surface area contributed by atoms with E-state index in [0.29, 0.717) is 35.1 Å². The molecule has 0 aliphatic carbocycles. The molecule has 0 aromatic heterocycles. The molecule has 14 nitrogen and oxygen atoms in total. The monoisotopic (exact) mass is 792 g/mol. The molecule has 0 saturated carbocycles. The third-order valence-corrected chi connectivity index (χ3v) is 7.42. The van der Waals surface area contributed by atoms with Crippen LogP contribution in [-0.2, 0) is 32.0 Å². The summed E-state index contributed by atoms with van der Waals surface area (Å²) in [5.74, 6) is -2.33. The van der Waals surface area contributed by atoms with Crippen LogP contribution in [0.15, 0.2) is 36.4 Å². The Hall–Kier alpha value is -2.79. The van der Waals surface area contributed by atoms with Crippen LogP contribution in [0.25, 0.3) is 11.1 Å². The fourth-order valence-corrected chi connectivity index (χ4v) is 4.99. The van der Waals surface area contributed by atoms with E-state index in [0.717, 1.165) is 0 Å². The smallest absolute Gasteiger partial charge is 0.243 e. The molecular weight excluding hydrogens is 746 g/mol. The Morgan fingerprint density at radius 3 is 1.92 bits per heavy atom. The SMILES string of the molecule is Cl.Cl.Cl.Cl.Cl.NCCC[C@@H]1NC(=O)[C@@H](N)Cc2cc(ccc2O)-c2ccc(O)c(c2)C[C@@H](C(=O)NC(CCN)CC(=O)NCCN)NC1=O. The van der Waals surface area contributed by atoms with E-state index in [1.165, 1.54) is 12.1 Å². The van der Waals surface area contributed by atoms with E-state index in [1.54, 1.807) is 24.3 Å². The Morgan fingerprint density at radius 2 is 1.39 bits per heavy atom. The van der Waals surface area contributed by atoms with Crippen molar-refractivity contribution in [3.63, 3.8) is 0 Å². The highest BCUT2D eigenvalue weighted by atomic mass is 35.5. The van der Waals surface area contributed by atoms with Gasteiger partial charge in [-0.15, -0.1) is 62.0 Å². The first-order chi connectivity index (χ1) is 21.1. The minimum atomic E-state index is -1.21. The number of aromatic hydroxyl groups is 2. The average Bonchev–Trinajstić information content (AvgIpc) is 2.99. The summed E-state index contributed by atoms with van der Waals surface area (Å²) in [5, 5.41) is 32.1. The van der Waals surface area contributed by atoms with E-state index in [9.17, 15) is 29.4 Å². The minimum Gasteiger partial charge on any atom is -0.508 e. The van der Waals surface area contributed by atoms with Crippen LogP contribution in [0.1, 0.15) is 36.8 Å². The number of carbonyl (C=O) groups is 4. The van der Waals surface area contributed by atoms with Gasteiger partial charge in [0, 0.05) is 38.4 Å². The van der Waals surface area contributed by atoms with Crippen LogP contribution in [0.4, 0.5) is 0 Å². The van der Waals surface area contributed by atoms with Gasteiger partial charge in [-0.25, -0.2) is 0 Å². The Labute approximate surface area is 317 Å². The van der Waals surface area contributed by atoms with Crippen LogP contribution in [0, 0.1) is 0 Å². The maximum atomic E-state index is 13.7. The van der Waals surface area contributed by atoms with Gasteiger partial charge >= 0.3 is 0 Å². The lowest BCUT2D eigenvalue weighted by molar-refractivity contribution is -0.133. The third kappa shape index (κ3) is 15.3. The van der Waals surface area contributed by atoms with Crippen LogP contribution in [0.2, 0.25) is 0 Å². The van der Waals surface area contributed by atoms with Crippen LogP contribution in [0.3, 0.4) is 0 Å². The summed E-state index contributed by atoms with van der Waals surface area (Å²) in [5.41, 5.74) is 25.2. The van der Waals surface area contributed by atoms with Crippen molar-refractivity contribution in [2.75, 3.05) is 26.2 Å². The van der Waals surface area contributed by atoms with E-state index in [1.807, 2.05) is 0 Å². The highest BCUT2D eigenvalue weighted by Crippen LogP contribution is 2.31. The first-order valence-corrected chi connectivity index (χ1v) is 14.7. The molecule has 2 aromatic carbocycles. The van der Waals surface area contributed by atoms with Crippen LogP contribution < -0.4 is 44.2 Å². The summed E-state index contributed by atoms with van der Waals surface area (Å²) < 4.78 is 0. The molecule has 0 saturated heterocycles. The molecule has 0 radical (unpaired) electrons. The van der Waals surface area contributed by atoms with Gasteiger partial charge in [-0.3, -0.25) is 19.2 Å². The van der Waals surface area contributed by atoms with Crippen LogP contribution >= 0.6 is 62.0 Å². The highest BCUT2D eigenvalue weighted by Gasteiger charge is 2.30. The van der Waals surface area contributed by atoms with Crippen molar-refractivity contribution >= 4 is 85.7 Å². The molecule has 0 spiro atoms. The second-order valence-corrected chi connectivity index (χ2v) is 10.9. The summed E-state index contributed by atoms with van der Waals surface area (Å²) in [6.07, 6.45) is 0.683. The Bertz CT molecular complexity index is 1350. The van der Waals surface area contributed by atoms with Gasteiger partial charge in [-0.1, -0.05) is 12.1 Å². The number of benzene rings is 2. The van der Waals surface area contributed by atoms with E-state index in [-0.39, 0.29) is 131 Å². The molecule has 4 bridgehead atoms. The topological polar surface area (TPSA) is 261 Å². The van der Waals surface area contributed by atoms with E-state index >= 15 is 0 Å². The molecule has 0 fully saturated rings. The number of hydrogen-bond donors (Lipinski definition) is 10. The Kier molecular flexibility index (Phi) is 26.0. The van der Waals surface area contributed by atoms with E-state index in [4.69, 9.17) is 22.9 Å². The van der Waals surface area contributed by atoms with Crippen LogP contribution in [-0.4, -0.2) is 84.2 Å². The molecule has 4 atom stereocenters. The summed E-state index contributed by atoms with van der Waals surface area (Å²) in [7, 11) is 0. The molecule has 19 heteroatoms. The number of amides is 4. The molecule has 14 N–H and O–H groups in total. The standard InChI is InChI=1S/C30H44N8O6.5ClH/c31-8-1-2-23-29(43)38-24(30(44)36-21(7-9-32)16-27(41)35-11-10-33)15-20-13-18(4-6-26(20)40)17-3-5-25(39)19(12-17)14-22(34)28(42)37-23;;;;;/h3-6,12-13,21-24,39-40H,1-2,7-11,14-16,31-34H2,(H,35,41)(H,36,44)(H,37,42)(H,38,43);5*1H/t21?,22-,23-,24-;;;;;/m0...../s1. The number of fused-ring (bicyclic) bond motifs is 5. The lowest BCUT2D eigenvalue weighted by atomic mass is 9.95. The van der Waals surface area contributed by atoms with Gasteiger partial charge in [0.15, 0.2) is 0 Å². The maximum Gasteiger partial charge on any atom is 0.243 e. The lowest BCUT2D eigenvalue weighted by Gasteiger charge is -2.26. The fourth-order valence-electron chi connectivity index (χ4n) is 4.99. The Morgan fingerprint density at radius 1 is 0.816 bits per heavy atom. The third-order valence-electron chi connectivity index (χ3n) is 7.42. The normalized spacial score (nSPS) is 17.5. The Balaban J connectivity index is -0.00000423. The first-order valence-electron chi connectivity index (χ1n) is 14.7. The van der Waals surface area contributed by atoms with Crippen molar-refractivity contribution in [3.8, 4) is 22.6 Å². The average molecular weight is 795 g/mol. The minimum absolute atomic E-state index is 0. The van der Waals surface area contributed by atoms with Gasteiger partial charge in [0.1, 0.15) is 23.6 Å². The van der Waals surface area contributed by atoms with Crippen molar-refractivity contribution in [1.29, 1.82) is 0 Å². The molecule has 3 rings (SSSR count). The number of rotatable bonds is 11. The number of nitrogens with two attached hydrogens (primary N) is 4. The predicted octanol–water partition coefficient (Wildman–Crippen LogP) is 0.307. The molecule has 4 amide bonds. The molecule has 1 aliphatic rings. The number of phenolic OH excluding ortho intramolecular Hbond substituents is 2. The fraction of sp³-hybridized carbons (Fsp3) is 0.467. The van der Waals surface area contributed by atoms with Crippen molar-refractivity contribution in [2.24, 2.45) is 22.9 Å². The molecule has 1 unspecified atom stereocenters. The number of phenols is 2. The van der Waals surface area contributed by atoms with Gasteiger partial charge in [0.05, 0.1) is 6.04 Å². The summed E-state index contributed by atoms with van der Waals surface area (Å²) >= 11 is 0. The van der Waals surface area contributed by atoms with Gasteiger partial charge in [-0.2, -0.15) is 0 Å². The van der Waals surface area contributed by atoms with Crippen molar-refractivity contribution < 1.29 is 29.4 Å². The van der Waals surface area contributed by atoms with E-state index < -0.39 is 41.9 Å². The molecule has 1 heterocycles. The summed E-state index contributed by atoms with van der Waals surface area (Å²) in [6, 6.07) is 5.70. The summed E-state index contributed by atoms with van der Waals surface area (Å²) in [6.45, 7) is 0.980. The number of carbonyl (C=O) groups excluding carboxylic acids is 4. The largest absolute Gasteiger partial charge is 0.508 e. The zero-order valence-electron chi connectivity index (χ0n) is 26.7. The number of hydrogen-bond acceptors (Lipinski definition) is 10. The van der Waals surface area contributed by atoms with Crippen molar-refractivity contribution in [3.05, 3.63) is 47.5 Å². The number of nitrogens with one attached hydrogen (secondary N) is 4. The van der Waals surface area contributed by atoms with Crippen molar-refractivity contribution in [1.82, 2.24) is 21.3 Å². The highest BCUT2D eigenvalue weighted by molar-refractivity contribution is 5.93. The van der Waals surface area contributed by atoms with Gasteiger partial charge in [0.25, 0.3) is 0 Å². The van der Waals surface area contributed by atoms with Gasteiger partial charge in [0.2, 0.25) is 23.6 Å². The summed E-state index contributed by atoms with van der Waals surface area (Å²) in [4.78, 5) is 52.7.